The number of hydrogen-bond acceptors (Lipinski definition) is 2. The second kappa shape index (κ2) is 7.81. The predicted octanol–water partition coefficient (Wildman–Crippen LogP) is 4.54. The fourth-order valence-electron chi connectivity index (χ4n) is 3.57. The normalized spacial score (nSPS) is 15.7. The zero-order chi connectivity index (χ0) is 17.8. The van der Waals surface area contributed by atoms with Gasteiger partial charge < -0.3 is 11.5 Å². The van der Waals surface area contributed by atoms with Crippen LogP contribution in [0.1, 0.15) is 66.0 Å². The van der Waals surface area contributed by atoms with Gasteiger partial charge in [0, 0.05) is 12.1 Å². The summed E-state index contributed by atoms with van der Waals surface area (Å²) in [6.07, 6.45) is 3.00. The van der Waals surface area contributed by atoms with E-state index in [1.165, 1.54) is 11.1 Å². The van der Waals surface area contributed by atoms with Gasteiger partial charge in [-0.15, -0.1) is 0 Å². The van der Waals surface area contributed by atoms with E-state index >= 15 is 0 Å². The summed E-state index contributed by atoms with van der Waals surface area (Å²) in [6, 6.07) is 9.31. The molecule has 4 N–H and O–H groups in total. The quantitative estimate of drug-likeness (QED) is 0.775. The van der Waals surface area contributed by atoms with E-state index in [1.54, 1.807) is 0 Å². The number of benzene rings is 1. The Morgan fingerprint density at radius 1 is 0.957 bits per heavy atom. The molecule has 1 rings (SSSR count). The maximum atomic E-state index is 6.41. The van der Waals surface area contributed by atoms with Crippen molar-refractivity contribution >= 4 is 0 Å². The van der Waals surface area contributed by atoms with Crippen molar-refractivity contribution in [2.24, 2.45) is 28.2 Å². The standard InChI is InChI=1S/C21H38N2/c1-15(2)19(23)21(6,7)13-17-10-8-9-16(11-17)12-18(22)14-20(3,4)5/h8-11,15,18-19H,12-14,22-23H2,1-7H3/t18-,19+/m0/s1. The Morgan fingerprint density at radius 3 is 2.04 bits per heavy atom. The highest BCUT2D eigenvalue weighted by molar-refractivity contribution is 5.25. The second-order valence-corrected chi connectivity index (χ2v) is 9.48. The van der Waals surface area contributed by atoms with Gasteiger partial charge in [-0.1, -0.05) is 72.7 Å². The molecule has 0 radical (unpaired) electrons. The fourth-order valence-corrected chi connectivity index (χ4v) is 3.57. The summed E-state index contributed by atoms with van der Waals surface area (Å²) in [5.74, 6) is 0.494. The molecule has 0 saturated heterocycles. The largest absolute Gasteiger partial charge is 0.327 e. The summed E-state index contributed by atoms with van der Waals surface area (Å²) in [5, 5.41) is 0. The van der Waals surface area contributed by atoms with Crippen molar-refractivity contribution in [2.75, 3.05) is 0 Å². The molecule has 132 valence electrons. The third kappa shape index (κ3) is 7.05. The molecule has 2 nitrogen and oxygen atoms in total. The van der Waals surface area contributed by atoms with Gasteiger partial charge in [0.2, 0.25) is 0 Å². The van der Waals surface area contributed by atoms with Crippen LogP contribution in [0.15, 0.2) is 24.3 Å². The molecule has 0 unspecified atom stereocenters. The maximum absolute atomic E-state index is 6.41. The Labute approximate surface area is 144 Å². The predicted molar refractivity (Wildman–Crippen MR) is 102 cm³/mol. The highest BCUT2D eigenvalue weighted by Gasteiger charge is 2.29. The van der Waals surface area contributed by atoms with Crippen LogP contribution in [0.2, 0.25) is 0 Å². The molecule has 1 aromatic rings. The van der Waals surface area contributed by atoms with Crippen LogP contribution in [0, 0.1) is 16.7 Å². The monoisotopic (exact) mass is 318 g/mol. The number of nitrogens with two attached hydrogens (primary N) is 2. The summed E-state index contributed by atoms with van der Waals surface area (Å²) < 4.78 is 0. The van der Waals surface area contributed by atoms with E-state index < -0.39 is 0 Å². The van der Waals surface area contributed by atoms with Gasteiger partial charge >= 0.3 is 0 Å². The van der Waals surface area contributed by atoms with Crippen molar-refractivity contribution in [2.45, 2.75) is 79.8 Å². The molecule has 23 heavy (non-hydrogen) atoms. The average molecular weight is 319 g/mol. The van der Waals surface area contributed by atoms with Crippen LogP contribution < -0.4 is 11.5 Å². The van der Waals surface area contributed by atoms with Crippen LogP contribution >= 0.6 is 0 Å². The Balaban J connectivity index is 2.77. The Hall–Kier alpha value is -0.860. The first-order valence-electron chi connectivity index (χ1n) is 9.00. The molecule has 0 fully saturated rings. The molecule has 0 bridgehead atoms. The molecule has 2 heteroatoms. The van der Waals surface area contributed by atoms with Crippen molar-refractivity contribution in [1.29, 1.82) is 0 Å². The minimum atomic E-state index is 0.0975. The molecule has 2 atom stereocenters. The fraction of sp³-hybridized carbons (Fsp3) is 0.714. The van der Waals surface area contributed by atoms with Gasteiger partial charge in [-0.3, -0.25) is 0 Å². The van der Waals surface area contributed by atoms with E-state index in [9.17, 15) is 0 Å². The molecular formula is C21H38N2. The summed E-state index contributed by atoms with van der Waals surface area (Å²) in [6.45, 7) is 15.7. The molecule has 1 aromatic carbocycles. The molecule has 0 aliphatic rings. The van der Waals surface area contributed by atoms with Crippen LogP contribution in [0.4, 0.5) is 0 Å². The first kappa shape index (κ1) is 20.2. The van der Waals surface area contributed by atoms with Gasteiger partial charge in [-0.2, -0.15) is 0 Å². The van der Waals surface area contributed by atoms with Gasteiger partial charge in [-0.25, -0.2) is 0 Å². The third-order valence-electron chi connectivity index (χ3n) is 4.64. The first-order valence-corrected chi connectivity index (χ1v) is 9.00. The average Bonchev–Trinajstić information content (AvgIpc) is 2.34. The van der Waals surface area contributed by atoms with Crippen LogP contribution in [-0.4, -0.2) is 12.1 Å². The minimum absolute atomic E-state index is 0.0975. The summed E-state index contributed by atoms with van der Waals surface area (Å²) in [4.78, 5) is 0. The van der Waals surface area contributed by atoms with E-state index in [1.807, 2.05) is 0 Å². The zero-order valence-electron chi connectivity index (χ0n) is 16.3. The van der Waals surface area contributed by atoms with Crippen LogP contribution in [-0.2, 0) is 12.8 Å². The molecule has 0 aliphatic carbocycles. The molecule has 0 heterocycles. The van der Waals surface area contributed by atoms with Crippen LogP contribution in [0.5, 0.6) is 0 Å². The van der Waals surface area contributed by atoms with Crippen molar-refractivity contribution in [1.82, 2.24) is 0 Å². The summed E-state index contributed by atoms with van der Waals surface area (Å²) in [7, 11) is 0. The molecular weight excluding hydrogens is 280 g/mol. The Kier molecular flexibility index (Phi) is 6.85. The van der Waals surface area contributed by atoms with Crippen LogP contribution in [0.3, 0.4) is 0 Å². The van der Waals surface area contributed by atoms with Crippen molar-refractivity contribution in [3.8, 4) is 0 Å². The lowest BCUT2D eigenvalue weighted by molar-refractivity contribution is 0.231. The van der Waals surface area contributed by atoms with E-state index in [2.05, 4.69) is 72.7 Å². The van der Waals surface area contributed by atoms with Crippen LogP contribution in [0.25, 0.3) is 0 Å². The lowest BCUT2D eigenvalue weighted by Gasteiger charge is -2.34. The summed E-state index contributed by atoms with van der Waals surface area (Å²) in [5.41, 5.74) is 15.8. The van der Waals surface area contributed by atoms with Crippen molar-refractivity contribution < 1.29 is 0 Å². The smallest absolute Gasteiger partial charge is 0.0117 e. The molecule has 0 aromatic heterocycles. The third-order valence-corrected chi connectivity index (χ3v) is 4.64. The lowest BCUT2D eigenvalue weighted by Crippen LogP contribution is -2.42. The van der Waals surface area contributed by atoms with Gasteiger partial charge in [0.1, 0.15) is 0 Å². The van der Waals surface area contributed by atoms with E-state index in [-0.39, 0.29) is 22.9 Å². The SMILES string of the molecule is CC(C)[C@@H](N)C(C)(C)Cc1cccc(C[C@H](N)CC(C)(C)C)c1. The van der Waals surface area contributed by atoms with Gasteiger partial charge in [0.25, 0.3) is 0 Å². The minimum Gasteiger partial charge on any atom is -0.327 e. The number of hydrogen-bond donors (Lipinski definition) is 2. The van der Waals surface area contributed by atoms with Gasteiger partial charge in [-0.05, 0) is 47.1 Å². The number of rotatable bonds is 7. The first-order chi connectivity index (χ1) is 10.4. The zero-order valence-corrected chi connectivity index (χ0v) is 16.3. The van der Waals surface area contributed by atoms with E-state index in [4.69, 9.17) is 11.5 Å². The molecule has 0 saturated carbocycles. The van der Waals surface area contributed by atoms with Crippen molar-refractivity contribution in [3.05, 3.63) is 35.4 Å². The van der Waals surface area contributed by atoms with Gasteiger partial charge in [0.05, 0.1) is 0 Å². The molecule has 0 aliphatic heterocycles. The Bertz CT molecular complexity index is 483. The second-order valence-electron chi connectivity index (χ2n) is 9.48. The van der Waals surface area contributed by atoms with E-state index in [0.717, 1.165) is 19.3 Å². The topological polar surface area (TPSA) is 52.0 Å². The Morgan fingerprint density at radius 2 is 1.52 bits per heavy atom. The molecule has 0 amide bonds. The van der Waals surface area contributed by atoms with Gasteiger partial charge in [0.15, 0.2) is 0 Å². The lowest BCUT2D eigenvalue weighted by atomic mass is 9.74. The van der Waals surface area contributed by atoms with Crippen molar-refractivity contribution in [3.63, 3.8) is 0 Å². The molecule has 0 spiro atoms. The summed E-state index contributed by atoms with van der Waals surface area (Å²) >= 11 is 0. The maximum Gasteiger partial charge on any atom is 0.0117 e. The highest BCUT2D eigenvalue weighted by Crippen LogP contribution is 2.29. The van der Waals surface area contributed by atoms with E-state index in [0.29, 0.717) is 5.92 Å². The highest BCUT2D eigenvalue weighted by atomic mass is 14.7.